The predicted octanol–water partition coefficient (Wildman–Crippen LogP) is 2.54. The number of hydrogen-bond donors (Lipinski definition) is 1. The van der Waals surface area contributed by atoms with Crippen molar-refractivity contribution in [3.05, 3.63) is 0 Å². The first kappa shape index (κ1) is 10.8. The van der Waals surface area contributed by atoms with E-state index >= 15 is 0 Å². The summed E-state index contributed by atoms with van der Waals surface area (Å²) in [6, 6.07) is 0. The number of Topliss-reactive ketones (excluding diaryl/α,β-unsaturated/α-hetero) is 1. The summed E-state index contributed by atoms with van der Waals surface area (Å²) in [7, 11) is 0. The third kappa shape index (κ3) is 0.848. The van der Waals surface area contributed by atoms with Crippen LogP contribution in [-0.2, 0) is 4.79 Å². The highest BCUT2D eigenvalue weighted by Crippen LogP contribution is 2.75. The number of rotatable bonds is 0. The largest absolute Gasteiger partial charge is 0.392 e. The second-order valence-electron chi connectivity index (χ2n) is 6.99. The number of aliphatic hydroxyl groups excluding tert-OH is 1. The van der Waals surface area contributed by atoms with E-state index in [1.807, 2.05) is 0 Å². The number of ketones is 1. The highest BCUT2D eigenvalue weighted by Gasteiger charge is 2.73. The van der Waals surface area contributed by atoms with Gasteiger partial charge in [0, 0.05) is 18.3 Å². The SMILES string of the molecule is C[C@]12CCC[C@@]1(C)[C@H]1CC(=O)C[C@]2(C)[C@H]1O. The lowest BCUT2D eigenvalue weighted by Gasteiger charge is -2.45. The van der Waals surface area contributed by atoms with Gasteiger partial charge in [-0.3, -0.25) is 4.79 Å². The molecule has 0 unspecified atom stereocenters. The van der Waals surface area contributed by atoms with Gasteiger partial charge in [-0.15, -0.1) is 0 Å². The van der Waals surface area contributed by atoms with Crippen molar-refractivity contribution in [2.75, 3.05) is 0 Å². The minimum absolute atomic E-state index is 0.163. The maximum atomic E-state index is 11.9. The number of carbonyl (C=O) groups excluding carboxylic acids is 1. The molecule has 16 heavy (non-hydrogen) atoms. The molecule has 0 aromatic heterocycles. The van der Waals surface area contributed by atoms with Crippen LogP contribution in [-0.4, -0.2) is 17.0 Å². The fourth-order valence-electron chi connectivity index (χ4n) is 5.39. The Morgan fingerprint density at radius 1 is 1.19 bits per heavy atom. The van der Waals surface area contributed by atoms with Gasteiger partial charge in [0.15, 0.2) is 0 Å². The van der Waals surface area contributed by atoms with E-state index in [1.54, 1.807) is 0 Å². The summed E-state index contributed by atoms with van der Waals surface area (Å²) in [6.45, 7) is 6.79. The van der Waals surface area contributed by atoms with Crippen LogP contribution in [0.5, 0.6) is 0 Å². The minimum atomic E-state index is -0.263. The maximum Gasteiger partial charge on any atom is 0.133 e. The van der Waals surface area contributed by atoms with Gasteiger partial charge in [0.2, 0.25) is 0 Å². The zero-order valence-electron chi connectivity index (χ0n) is 10.5. The van der Waals surface area contributed by atoms with Gasteiger partial charge in [-0.2, -0.15) is 0 Å². The van der Waals surface area contributed by atoms with Gasteiger partial charge in [-0.05, 0) is 29.6 Å². The molecule has 2 nitrogen and oxygen atoms in total. The maximum absolute atomic E-state index is 11.9. The molecular weight excluding hydrogens is 200 g/mol. The molecule has 2 bridgehead atoms. The number of hydrogen-bond acceptors (Lipinski definition) is 2. The van der Waals surface area contributed by atoms with Gasteiger partial charge < -0.3 is 5.11 Å². The molecule has 0 amide bonds. The summed E-state index contributed by atoms with van der Waals surface area (Å²) < 4.78 is 0. The molecule has 5 atom stereocenters. The van der Waals surface area contributed by atoms with Crippen molar-refractivity contribution >= 4 is 5.78 Å². The number of aliphatic hydroxyl groups is 1. The zero-order valence-corrected chi connectivity index (χ0v) is 10.5. The molecule has 3 aliphatic carbocycles. The fourth-order valence-corrected chi connectivity index (χ4v) is 5.39. The first-order valence-corrected chi connectivity index (χ1v) is 6.55. The van der Waals surface area contributed by atoms with Crippen LogP contribution in [0.25, 0.3) is 0 Å². The molecule has 2 heteroatoms. The van der Waals surface area contributed by atoms with Gasteiger partial charge in [0.05, 0.1) is 6.10 Å². The third-order valence-corrected chi connectivity index (χ3v) is 6.76. The van der Waals surface area contributed by atoms with Crippen molar-refractivity contribution in [1.29, 1.82) is 0 Å². The molecule has 0 aliphatic heterocycles. The third-order valence-electron chi connectivity index (χ3n) is 6.76. The summed E-state index contributed by atoms with van der Waals surface area (Å²) in [5.41, 5.74) is 0.182. The van der Waals surface area contributed by atoms with Gasteiger partial charge in [-0.25, -0.2) is 0 Å². The summed E-state index contributed by atoms with van der Waals surface area (Å²) >= 11 is 0. The average Bonchev–Trinajstić information content (AvgIpc) is 2.53. The van der Waals surface area contributed by atoms with E-state index in [0.29, 0.717) is 18.6 Å². The highest BCUT2D eigenvalue weighted by atomic mass is 16.3. The molecule has 3 fully saturated rings. The smallest absolute Gasteiger partial charge is 0.133 e. The lowest BCUT2D eigenvalue weighted by Crippen LogP contribution is -2.45. The standard InChI is InChI=1S/C14H22O2/c1-12-5-4-6-14(12,3)13(2)8-9(15)7-10(12)11(13)16/h10-11,16H,4-8H2,1-3H3/t10-,11-,12-,13+,14-/m0/s1. The Kier molecular flexibility index (Phi) is 1.83. The Hall–Kier alpha value is -0.370. The quantitative estimate of drug-likeness (QED) is 0.684. The Labute approximate surface area is 97.4 Å². The molecular formula is C14H22O2. The Morgan fingerprint density at radius 3 is 2.56 bits per heavy atom. The Bertz CT molecular complexity index is 364. The van der Waals surface area contributed by atoms with Crippen LogP contribution < -0.4 is 0 Å². The van der Waals surface area contributed by atoms with E-state index in [9.17, 15) is 9.90 Å². The monoisotopic (exact) mass is 222 g/mol. The van der Waals surface area contributed by atoms with Crippen molar-refractivity contribution in [3.63, 3.8) is 0 Å². The van der Waals surface area contributed by atoms with E-state index in [2.05, 4.69) is 20.8 Å². The van der Waals surface area contributed by atoms with E-state index in [4.69, 9.17) is 0 Å². The molecule has 0 radical (unpaired) electrons. The van der Waals surface area contributed by atoms with Gasteiger partial charge in [0.25, 0.3) is 0 Å². The van der Waals surface area contributed by atoms with Crippen LogP contribution >= 0.6 is 0 Å². The van der Waals surface area contributed by atoms with Gasteiger partial charge in [-0.1, -0.05) is 27.2 Å². The molecule has 3 saturated carbocycles. The predicted molar refractivity (Wildman–Crippen MR) is 61.9 cm³/mol. The average molecular weight is 222 g/mol. The molecule has 1 N–H and O–H groups in total. The van der Waals surface area contributed by atoms with Gasteiger partial charge >= 0.3 is 0 Å². The van der Waals surface area contributed by atoms with Crippen molar-refractivity contribution in [1.82, 2.24) is 0 Å². The molecule has 3 aliphatic rings. The Morgan fingerprint density at radius 2 is 1.88 bits per heavy atom. The molecule has 90 valence electrons. The topological polar surface area (TPSA) is 37.3 Å². The summed E-state index contributed by atoms with van der Waals surface area (Å²) in [4.78, 5) is 11.9. The summed E-state index contributed by atoms with van der Waals surface area (Å²) in [6.07, 6.45) is 4.58. The highest BCUT2D eigenvalue weighted by molar-refractivity contribution is 5.81. The zero-order chi connectivity index (χ0) is 11.8. The van der Waals surface area contributed by atoms with E-state index < -0.39 is 0 Å². The van der Waals surface area contributed by atoms with Crippen LogP contribution in [0.3, 0.4) is 0 Å². The fraction of sp³-hybridized carbons (Fsp3) is 0.929. The van der Waals surface area contributed by atoms with Crippen molar-refractivity contribution in [2.24, 2.45) is 22.2 Å². The van der Waals surface area contributed by atoms with Crippen LogP contribution in [0.1, 0.15) is 52.9 Å². The number of carbonyl (C=O) groups is 1. The number of fused-ring (bicyclic) bond motifs is 5. The molecule has 0 spiro atoms. The van der Waals surface area contributed by atoms with E-state index in [0.717, 1.165) is 0 Å². The first-order chi connectivity index (χ1) is 7.35. The molecule has 3 rings (SSSR count). The molecule has 0 heterocycles. The summed E-state index contributed by atoms with van der Waals surface area (Å²) in [5, 5.41) is 10.6. The second-order valence-corrected chi connectivity index (χ2v) is 6.99. The van der Waals surface area contributed by atoms with Crippen LogP contribution in [0.15, 0.2) is 0 Å². The van der Waals surface area contributed by atoms with Crippen LogP contribution in [0.2, 0.25) is 0 Å². The molecule has 0 saturated heterocycles. The lowest BCUT2D eigenvalue weighted by atomic mass is 9.59. The minimum Gasteiger partial charge on any atom is -0.392 e. The van der Waals surface area contributed by atoms with Crippen molar-refractivity contribution < 1.29 is 9.90 Å². The second kappa shape index (κ2) is 2.72. The Balaban J connectivity index is 2.19. The van der Waals surface area contributed by atoms with E-state index in [1.165, 1.54) is 19.3 Å². The first-order valence-electron chi connectivity index (χ1n) is 6.55. The van der Waals surface area contributed by atoms with Crippen molar-refractivity contribution in [3.8, 4) is 0 Å². The van der Waals surface area contributed by atoms with Crippen LogP contribution in [0, 0.1) is 22.2 Å². The normalized spacial score (nSPS) is 60.1. The van der Waals surface area contributed by atoms with Crippen molar-refractivity contribution in [2.45, 2.75) is 59.0 Å². The molecule has 0 aromatic carbocycles. The van der Waals surface area contributed by atoms with E-state index in [-0.39, 0.29) is 28.3 Å². The van der Waals surface area contributed by atoms with Gasteiger partial charge in [0.1, 0.15) is 5.78 Å². The summed E-state index contributed by atoms with van der Waals surface area (Å²) in [5.74, 6) is 0.584. The molecule has 0 aromatic rings. The van der Waals surface area contributed by atoms with Crippen LogP contribution in [0.4, 0.5) is 0 Å². The lowest BCUT2D eigenvalue weighted by molar-refractivity contribution is -0.132.